The zero-order valence-corrected chi connectivity index (χ0v) is 13.7. The molecule has 0 aliphatic carbocycles. The first-order valence-corrected chi connectivity index (χ1v) is 8.46. The van der Waals surface area contributed by atoms with E-state index in [4.69, 9.17) is 0 Å². The van der Waals surface area contributed by atoms with Gasteiger partial charge in [-0.15, -0.1) is 0 Å². The number of hydrogen-bond acceptors (Lipinski definition) is 5. The third-order valence-electron chi connectivity index (χ3n) is 4.65. The molecular weight excluding hydrogens is 298 g/mol. The number of hydrogen-bond donors (Lipinski definition) is 0. The molecule has 5 nitrogen and oxygen atoms in total. The maximum absolute atomic E-state index is 4.52. The van der Waals surface area contributed by atoms with Crippen LogP contribution in [-0.4, -0.2) is 52.6 Å². The van der Waals surface area contributed by atoms with E-state index in [1.54, 1.807) is 12.5 Å². The lowest BCUT2D eigenvalue weighted by molar-refractivity contribution is 0.260. The second kappa shape index (κ2) is 6.93. The lowest BCUT2D eigenvalue weighted by Crippen LogP contribution is -2.47. The molecule has 122 valence electrons. The molecule has 1 aromatic carbocycles. The van der Waals surface area contributed by atoms with Crippen LogP contribution in [0.4, 0.5) is 5.82 Å². The van der Waals surface area contributed by atoms with Gasteiger partial charge in [0.1, 0.15) is 12.1 Å². The predicted molar refractivity (Wildman–Crippen MR) is 96.1 cm³/mol. The van der Waals surface area contributed by atoms with Crippen molar-refractivity contribution in [2.75, 3.05) is 37.6 Å². The monoisotopic (exact) mass is 319 g/mol. The van der Waals surface area contributed by atoms with Gasteiger partial charge in [0.05, 0.1) is 11.7 Å². The van der Waals surface area contributed by atoms with Crippen LogP contribution in [0.25, 0.3) is 10.9 Å². The van der Waals surface area contributed by atoms with Crippen molar-refractivity contribution in [3.8, 4) is 0 Å². The summed E-state index contributed by atoms with van der Waals surface area (Å²) in [4.78, 5) is 17.9. The molecule has 5 heteroatoms. The standard InChI is InChI=1S/C19H21N5/c1-2-4-16(5-3-1)7-9-23-10-12-24(13-11-23)19-17-6-8-20-14-18(17)21-15-22-19/h1-6,8,14-15H,7,9-13H2. The normalized spacial score (nSPS) is 15.8. The number of pyridine rings is 1. The molecule has 0 saturated carbocycles. The van der Waals surface area contributed by atoms with Crippen molar-refractivity contribution in [1.29, 1.82) is 0 Å². The fourth-order valence-electron chi connectivity index (χ4n) is 3.26. The van der Waals surface area contributed by atoms with E-state index in [1.165, 1.54) is 5.56 Å². The molecule has 1 aliphatic rings. The highest BCUT2D eigenvalue weighted by atomic mass is 15.3. The molecule has 0 unspecified atom stereocenters. The summed E-state index contributed by atoms with van der Waals surface area (Å²) in [7, 11) is 0. The number of benzene rings is 1. The summed E-state index contributed by atoms with van der Waals surface area (Å²) < 4.78 is 0. The summed E-state index contributed by atoms with van der Waals surface area (Å²) in [5.41, 5.74) is 2.32. The quantitative estimate of drug-likeness (QED) is 0.739. The van der Waals surface area contributed by atoms with Gasteiger partial charge >= 0.3 is 0 Å². The van der Waals surface area contributed by atoms with E-state index < -0.39 is 0 Å². The maximum Gasteiger partial charge on any atom is 0.140 e. The van der Waals surface area contributed by atoms with Crippen molar-refractivity contribution >= 4 is 16.7 Å². The Morgan fingerprint density at radius 2 is 1.75 bits per heavy atom. The molecule has 0 N–H and O–H groups in total. The van der Waals surface area contributed by atoms with Crippen molar-refractivity contribution in [3.63, 3.8) is 0 Å². The van der Waals surface area contributed by atoms with Crippen molar-refractivity contribution in [2.45, 2.75) is 6.42 Å². The van der Waals surface area contributed by atoms with Gasteiger partial charge in [-0.1, -0.05) is 30.3 Å². The summed E-state index contributed by atoms with van der Waals surface area (Å²) >= 11 is 0. The molecule has 2 aromatic heterocycles. The maximum atomic E-state index is 4.52. The second-order valence-electron chi connectivity index (χ2n) is 6.15. The molecule has 0 spiro atoms. The molecular formula is C19H21N5. The number of rotatable bonds is 4. The van der Waals surface area contributed by atoms with Crippen LogP contribution in [0.5, 0.6) is 0 Å². The average Bonchev–Trinajstić information content (AvgIpc) is 2.67. The van der Waals surface area contributed by atoms with Gasteiger partial charge in [-0.3, -0.25) is 9.88 Å². The Balaban J connectivity index is 1.39. The van der Waals surface area contributed by atoms with E-state index in [-0.39, 0.29) is 0 Å². The van der Waals surface area contributed by atoms with Gasteiger partial charge in [-0.25, -0.2) is 9.97 Å². The van der Waals surface area contributed by atoms with Crippen LogP contribution >= 0.6 is 0 Å². The summed E-state index contributed by atoms with van der Waals surface area (Å²) in [5, 5.41) is 1.09. The van der Waals surface area contributed by atoms with Gasteiger partial charge in [0, 0.05) is 44.3 Å². The van der Waals surface area contributed by atoms with E-state index >= 15 is 0 Å². The highest BCUT2D eigenvalue weighted by molar-refractivity contribution is 5.88. The molecule has 1 aliphatic heterocycles. The molecule has 0 atom stereocenters. The Morgan fingerprint density at radius 3 is 2.58 bits per heavy atom. The Labute approximate surface area is 142 Å². The van der Waals surface area contributed by atoms with Crippen molar-refractivity contribution < 1.29 is 0 Å². The van der Waals surface area contributed by atoms with Gasteiger partial charge in [-0.05, 0) is 18.1 Å². The molecule has 4 rings (SSSR count). The van der Waals surface area contributed by atoms with Crippen LogP contribution in [0.1, 0.15) is 5.56 Å². The Bertz CT molecular complexity index is 792. The molecule has 3 heterocycles. The number of piperazine rings is 1. The summed E-state index contributed by atoms with van der Waals surface area (Å²) in [5.74, 6) is 1.03. The third-order valence-corrected chi connectivity index (χ3v) is 4.65. The van der Waals surface area contributed by atoms with Crippen LogP contribution in [-0.2, 0) is 6.42 Å². The first kappa shape index (κ1) is 15.0. The topological polar surface area (TPSA) is 45.2 Å². The minimum absolute atomic E-state index is 0.911. The van der Waals surface area contributed by atoms with Gasteiger partial charge in [0.2, 0.25) is 0 Å². The molecule has 1 fully saturated rings. The third kappa shape index (κ3) is 3.21. The van der Waals surface area contributed by atoms with E-state index in [2.05, 4.69) is 55.1 Å². The highest BCUT2D eigenvalue weighted by Gasteiger charge is 2.19. The highest BCUT2D eigenvalue weighted by Crippen LogP contribution is 2.22. The first-order valence-electron chi connectivity index (χ1n) is 8.46. The van der Waals surface area contributed by atoms with Crippen LogP contribution in [0, 0.1) is 0 Å². The number of anilines is 1. The van der Waals surface area contributed by atoms with Crippen molar-refractivity contribution in [2.24, 2.45) is 0 Å². The molecule has 24 heavy (non-hydrogen) atoms. The van der Waals surface area contributed by atoms with Crippen molar-refractivity contribution in [3.05, 3.63) is 60.7 Å². The van der Waals surface area contributed by atoms with Crippen molar-refractivity contribution in [1.82, 2.24) is 19.9 Å². The van der Waals surface area contributed by atoms with Gasteiger partial charge < -0.3 is 4.90 Å². The Morgan fingerprint density at radius 1 is 0.917 bits per heavy atom. The van der Waals surface area contributed by atoms with Crippen LogP contribution in [0.3, 0.4) is 0 Å². The molecule has 0 bridgehead atoms. The van der Waals surface area contributed by atoms with Crippen LogP contribution in [0.2, 0.25) is 0 Å². The predicted octanol–water partition coefficient (Wildman–Crippen LogP) is 2.39. The number of fused-ring (bicyclic) bond motifs is 1. The fourth-order valence-corrected chi connectivity index (χ4v) is 3.26. The Hall–Kier alpha value is -2.53. The zero-order valence-electron chi connectivity index (χ0n) is 13.7. The SMILES string of the molecule is c1ccc(CCN2CCN(c3ncnc4cnccc34)CC2)cc1. The van der Waals surface area contributed by atoms with Crippen LogP contribution < -0.4 is 4.90 Å². The Kier molecular flexibility index (Phi) is 4.34. The summed E-state index contributed by atoms with van der Waals surface area (Å²) in [6.45, 7) is 5.27. The first-order chi connectivity index (χ1) is 11.9. The molecule has 0 amide bonds. The summed E-state index contributed by atoms with van der Waals surface area (Å²) in [6, 6.07) is 12.7. The van der Waals surface area contributed by atoms with Crippen LogP contribution in [0.15, 0.2) is 55.1 Å². The average molecular weight is 319 g/mol. The minimum Gasteiger partial charge on any atom is -0.353 e. The largest absolute Gasteiger partial charge is 0.353 e. The smallest absolute Gasteiger partial charge is 0.140 e. The van der Waals surface area contributed by atoms with Gasteiger partial charge in [-0.2, -0.15) is 0 Å². The van der Waals surface area contributed by atoms with E-state index in [0.717, 1.165) is 55.9 Å². The van der Waals surface area contributed by atoms with Gasteiger partial charge in [0.25, 0.3) is 0 Å². The lowest BCUT2D eigenvalue weighted by Gasteiger charge is -2.35. The van der Waals surface area contributed by atoms with Gasteiger partial charge in [0.15, 0.2) is 0 Å². The zero-order chi connectivity index (χ0) is 16.2. The molecule has 0 radical (unpaired) electrons. The van der Waals surface area contributed by atoms with E-state index in [1.807, 2.05) is 12.3 Å². The second-order valence-corrected chi connectivity index (χ2v) is 6.15. The number of aromatic nitrogens is 3. The summed E-state index contributed by atoms with van der Waals surface area (Å²) in [6.07, 6.45) is 6.37. The fraction of sp³-hybridized carbons (Fsp3) is 0.316. The lowest BCUT2D eigenvalue weighted by atomic mass is 10.1. The number of nitrogens with zero attached hydrogens (tertiary/aromatic N) is 5. The molecule has 1 saturated heterocycles. The minimum atomic E-state index is 0.911. The van der Waals surface area contributed by atoms with E-state index in [9.17, 15) is 0 Å². The van der Waals surface area contributed by atoms with E-state index in [0.29, 0.717) is 0 Å². The molecule has 3 aromatic rings.